The van der Waals surface area contributed by atoms with Crippen LogP contribution in [0, 0.1) is 0 Å². The highest BCUT2D eigenvalue weighted by Gasteiger charge is 2.36. The molecule has 1 aromatic heterocycles. The Morgan fingerprint density at radius 2 is 1.92 bits per heavy atom. The maximum atomic E-state index is 12.5. The van der Waals surface area contributed by atoms with Gasteiger partial charge in [-0.3, -0.25) is 19.3 Å². The molecule has 8 heteroatoms. The largest absolute Gasteiger partial charge is 0.467 e. The number of ether oxygens (including phenoxy) is 1. The molecule has 0 saturated carbocycles. The predicted molar refractivity (Wildman–Crippen MR) is 83.4 cm³/mol. The van der Waals surface area contributed by atoms with Crippen molar-refractivity contribution in [2.24, 2.45) is 5.73 Å². The van der Waals surface area contributed by atoms with Gasteiger partial charge in [-0.15, -0.1) is 0 Å². The predicted octanol–water partition coefficient (Wildman–Crippen LogP) is 1.11. The molecular weight excluding hydrogens is 328 g/mol. The molecule has 8 nitrogen and oxygen atoms in total. The van der Waals surface area contributed by atoms with Gasteiger partial charge < -0.3 is 14.9 Å². The third-order valence-electron chi connectivity index (χ3n) is 3.78. The lowest BCUT2D eigenvalue weighted by molar-refractivity contribution is -0.125. The number of nitrogens with zero attached hydrogens (tertiary/aromatic N) is 1. The average Bonchev–Trinajstić information content (AvgIpc) is 3.17. The molecule has 2 N–H and O–H groups in total. The van der Waals surface area contributed by atoms with Crippen molar-refractivity contribution >= 4 is 23.7 Å². The van der Waals surface area contributed by atoms with Crippen LogP contribution < -0.4 is 5.73 Å². The summed E-state index contributed by atoms with van der Waals surface area (Å²) in [6, 6.07) is 7.31. The molecule has 0 spiro atoms. The highest BCUT2D eigenvalue weighted by atomic mass is 16.5. The third-order valence-corrected chi connectivity index (χ3v) is 3.78. The van der Waals surface area contributed by atoms with Gasteiger partial charge in [0.2, 0.25) is 0 Å². The molecule has 0 radical (unpaired) electrons. The SMILES string of the molecule is C[C@@H](OC(=O)c1ccc2c(c1)C(=O)N(Cc1ccco1)C2=O)C(N)=O. The van der Waals surface area contributed by atoms with Crippen molar-refractivity contribution in [3.63, 3.8) is 0 Å². The zero-order chi connectivity index (χ0) is 18.1. The number of hydrogen-bond donors (Lipinski definition) is 1. The van der Waals surface area contributed by atoms with Crippen LogP contribution in [-0.2, 0) is 16.1 Å². The van der Waals surface area contributed by atoms with Crippen molar-refractivity contribution in [2.75, 3.05) is 0 Å². The first-order chi connectivity index (χ1) is 11.9. The molecule has 0 fully saturated rings. The van der Waals surface area contributed by atoms with Crippen molar-refractivity contribution in [3.8, 4) is 0 Å². The maximum absolute atomic E-state index is 12.5. The Balaban J connectivity index is 1.84. The lowest BCUT2D eigenvalue weighted by Gasteiger charge is -2.11. The lowest BCUT2D eigenvalue weighted by atomic mass is 10.1. The molecule has 0 unspecified atom stereocenters. The van der Waals surface area contributed by atoms with Crippen molar-refractivity contribution in [3.05, 3.63) is 59.0 Å². The van der Waals surface area contributed by atoms with Crippen LogP contribution in [0.3, 0.4) is 0 Å². The summed E-state index contributed by atoms with van der Waals surface area (Å²) in [4.78, 5) is 48.9. The summed E-state index contributed by atoms with van der Waals surface area (Å²) in [5.74, 6) is -2.13. The number of carbonyl (C=O) groups is 4. The van der Waals surface area contributed by atoms with Crippen LogP contribution >= 0.6 is 0 Å². The van der Waals surface area contributed by atoms with E-state index in [1.807, 2.05) is 0 Å². The standard InChI is InChI=1S/C17H14N2O6/c1-9(14(18)20)25-17(23)10-4-5-12-13(7-10)16(22)19(15(12)21)8-11-3-2-6-24-11/h2-7,9H,8H2,1H3,(H2,18,20)/t9-/m1/s1. The highest BCUT2D eigenvalue weighted by Crippen LogP contribution is 2.26. The molecule has 0 bridgehead atoms. The van der Waals surface area contributed by atoms with Gasteiger partial charge in [-0.05, 0) is 37.3 Å². The fourth-order valence-corrected chi connectivity index (χ4v) is 2.41. The van der Waals surface area contributed by atoms with Gasteiger partial charge >= 0.3 is 5.97 Å². The lowest BCUT2D eigenvalue weighted by Crippen LogP contribution is -2.30. The van der Waals surface area contributed by atoms with E-state index in [0.29, 0.717) is 5.76 Å². The smallest absolute Gasteiger partial charge is 0.338 e. The minimum absolute atomic E-state index is 0.00215. The van der Waals surface area contributed by atoms with E-state index in [-0.39, 0.29) is 23.2 Å². The number of carbonyl (C=O) groups excluding carboxylic acids is 4. The van der Waals surface area contributed by atoms with Crippen LogP contribution in [0.4, 0.5) is 0 Å². The maximum Gasteiger partial charge on any atom is 0.338 e. The molecule has 1 aliphatic rings. The Hall–Kier alpha value is -3.42. The summed E-state index contributed by atoms with van der Waals surface area (Å²) in [7, 11) is 0. The summed E-state index contributed by atoms with van der Waals surface area (Å²) in [5, 5.41) is 0. The Kier molecular flexibility index (Phi) is 4.10. The molecule has 3 rings (SSSR count). The molecule has 0 saturated heterocycles. The van der Waals surface area contributed by atoms with Crippen LogP contribution in [-0.4, -0.2) is 34.7 Å². The molecule has 2 aromatic rings. The molecule has 0 aliphatic carbocycles. The van der Waals surface area contributed by atoms with Crippen LogP contribution in [0.1, 0.15) is 43.8 Å². The number of amides is 3. The minimum Gasteiger partial charge on any atom is -0.467 e. The number of furan rings is 1. The van der Waals surface area contributed by atoms with Crippen molar-refractivity contribution in [1.82, 2.24) is 4.90 Å². The number of nitrogens with two attached hydrogens (primary N) is 1. The number of hydrogen-bond acceptors (Lipinski definition) is 6. The van der Waals surface area contributed by atoms with Gasteiger partial charge in [-0.2, -0.15) is 0 Å². The number of primary amides is 1. The first-order valence-electron chi connectivity index (χ1n) is 7.41. The Bertz CT molecular complexity index is 871. The Morgan fingerprint density at radius 3 is 2.56 bits per heavy atom. The summed E-state index contributed by atoms with van der Waals surface area (Å²) in [5.41, 5.74) is 5.38. The van der Waals surface area contributed by atoms with E-state index in [1.54, 1.807) is 12.1 Å². The topological polar surface area (TPSA) is 120 Å². The summed E-state index contributed by atoms with van der Waals surface area (Å²) < 4.78 is 10.0. The van der Waals surface area contributed by atoms with Gasteiger partial charge in [0.15, 0.2) is 6.10 Å². The van der Waals surface area contributed by atoms with Crippen LogP contribution in [0.2, 0.25) is 0 Å². The second-order valence-corrected chi connectivity index (χ2v) is 5.49. The van der Waals surface area contributed by atoms with Crippen molar-refractivity contribution in [2.45, 2.75) is 19.6 Å². The zero-order valence-corrected chi connectivity index (χ0v) is 13.2. The van der Waals surface area contributed by atoms with E-state index in [0.717, 1.165) is 4.90 Å². The fraction of sp³-hybridized carbons (Fsp3) is 0.176. The van der Waals surface area contributed by atoms with E-state index in [2.05, 4.69) is 0 Å². The molecule has 25 heavy (non-hydrogen) atoms. The van der Waals surface area contributed by atoms with Crippen LogP contribution in [0.15, 0.2) is 41.0 Å². The monoisotopic (exact) mass is 342 g/mol. The molecule has 128 valence electrons. The van der Waals surface area contributed by atoms with Crippen LogP contribution in [0.5, 0.6) is 0 Å². The van der Waals surface area contributed by atoms with E-state index in [9.17, 15) is 19.2 Å². The molecule has 1 aliphatic heterocycles. The first kappa shape index (κ1) is 16.4. The third kappa shape index (κ3) is 3.01. The molecule has 2 heterocycles. The van der Waals surface area contributed by atoms with Gasteiger partial charge in [0.25, 0.3) is 17.7 Å². The second kappa shape index (κ2) is 6.23. The zero-order valence-electron chi connectivity index (χ0n) is 13.2. The summed E-state index contributed by atoms with van der Waals surface area (Å²) in [6.07, 6.45) is 0.343. The van der Waals surface area contributed by atoms with Crippen molar-refractivity contribution in [1.29, 1.82) is 0 Å². The van der Waals surface area contributed by atoms with Gasteiger partial charge in [0, 0.05) is 0 Å². The number of fused-ring (bicyclic) bond motifs is 1. The minimum atomic E-state index is -1.10. The molecule has 1 aromatic carbocycles. The average molecular weight is 342 g/mol. The summed E-state index contributed by atoms with van der Waals surface area (Å²) in [6.45, 7) is 1.34. The number of imide groups is 1. The number of benzene rings is 1. The Morgan fingerprint density at radius 1 is 1.20 bits per heavy atom. The fourth-order valence-electron chi connectivity index (χ4n) is 2.41. The molecule has 1 atom stereocenters. The molecule has 3 amide bonds. The van der Waals surface area contributed by atoms with Gasteiger partial charge in [0.1, 0.15) is 5.76 Å². The number of esters is 1. The van der Waals surface area contributed by atoms with Crippen molar-refractivity contribution < 1.29 is 28.3 Å². The quantitative estimate of drug-likeness (QED) is 0.642. The highest BCUT2D eigenvalue weighted by molar-refractivity contribution is 6.21. The summed E-state index contributed by atoms with van der Waals surface area (Å²) >= 11 is 0. The van der Waals surface area contributed by atoms with Crippen LogP contribution in [0.25, 0.3) is 0 Å². The van der Waals surface area contributed by atoms with E-state index >= 15 is 0 Å². The molecular formula is C17H14N2O6. The Labute approximate surface area is 142 Å². The normalized spacial score (nSPS) is 14.4. The van der Waals surface area contributed by atoms with E-state index < -0.39 is 29.8 Å². The first-order valence-corrected chi connectivity index (χ1v) is 7.41. The second-order valence-electron chi connectivity index (χ2n) is 5.49. The van der Waals surface area contributed by atoms with E-state index in [4.69, 9.17) is 14.9 Å². The van der Waals surface area contributed by atoms with Gasteiger partial charge in [0.05, 0.1) is 29.5 Å². The van der Waals surface area contributed by atoms with Gasteiger partial charge in [-0.25, -0.2) is 4.79 Å². The number of rotatable bonds is 5. The van der Waals surface area contributed by atoms with E-state index in [1.165, 1.54) is 31.4 Å². The van der Waals surface area contributed by atoms with Gasteiger partial charge in [-0.1, -0.05) is 0 Å².